The van der Waals surface area contributed by atoms with Gasteiger partial charge >= 0.3 is 12.1 Å². The van der Waals surface area contributed by atoms with Gasteiger partial charge in [-0.05, 0) is 40.5 Å². The maximum Gasteiger partial charge on any atom is 0.410 e. The molecule has 6 heteroatoms. The lowest BCUT2D eigenvalue weighted by Gasteiger charge is -2.38. The third kappa shape index (κ3) is 4.21. The quantitative estimate of drug-likeness (QED) is 0.858. The second-order valence-corrected chi connectivity index (χ2v) is 6.43. The first-order valence-electron chi connectivity index (χ1n) is 6.76. The highest BCUT2D eigenvalue weighted by Crippen LogP contribution is 2.36. The number of carbonyl (C=O) groups excluding carboxylic acids is 2. The first kappa shape index (κ1) is 16.5. The lowest BCUT2D eigenvalue weighted by Crippen LogP contribution is -2.48. The zero-order chi connectivity index (χ0) is 15.6. The SMILES string of the molecule is CC(=O)CC1(C(=O)O)CCN(C(=O)OC(C)(C)C)CC1. The Morgan fingerprint density at radius 2 is 1.70 bits per heavy atom. The van der Waals surface area contributed by atoms with Crippen molar-refractivity contribution in [1.29, 1.82) is 0 Å². The summed E-state index contributed by atoms with van der Waals surface area (Å²) >= 11 is 0. The average Bonchev–Trinajstić information content (AvgIpc) is 2.26. The molecule has 0 spiro atoms. The van der Waals surface area contributed by atoms with Crippen LogP contribution >= 0.6 is 0 Å². The maximum atomic E-state index is 11.9. The molecule has 0 aromatic carbocycles. The number of amides is 1. The Hall–Kier alpha value is -1.59. The third-order valence-corrected chi connectivity index (χ3v) is 3.41. The Kier molecular flexibility index (Phi) is 4.78. The van der Waals surface area contributed by atoms with Gasteiger partial charge in [0.2, 0.25) is 0 Å². The van der Waals surface area contributed by atoms with E-state index in [2.05, 4.69) is 0 Å². The van der Waals surface area contributed by atoms with Crippen LogP contribution in [0.4, 0.5) is 4.79 Å². The number of ether oxygens (including phenoxy) is 1. The molecule has 0 radical (unpaired) electrons. The zero-order valence-electron chi connectivity index (χ0n) is 12.6. The van der Waals surface area contributed by atoms with Gasteiger partial charge < -0.3 is 14.7 Å². The Bertz CT molecular complexity index is 402. The van der Waals surface area contributed by atoms with Crippen molar-refractivity contribution in [2.24, 2.45) is 5.41 Å². The fourth-order valence-corrected chi connectivity index (χ4v) is 2.39. The van der Waals surface area contributed by atoms with E-state index in [9.17, 15) is 19.5 Å². The van der Waals surface area contributed by atoms with Gasteiger partial charge in [0.05, 0.1) is 5.41 Å². The first-order chi connectivity index (χ1) is 9.06. The van der Waals surface area contributed by atoms with Gasteiger partial charge in [0.25, 0.3) is 0 Å². The summed E-state index contributed by atoms with van der Waals surface area (Å²) in [6, 6.07) is 0. The molecule has 0 saturated carbocycles. The molecule has 1 saturated heterocycles. The zero-order valence-corrected chi connectivity index (χ0v) is 12.6. The monoisotopic (exact) mass is 285 g/mol. The minimum atomic E-state index is -1.04. The van der Waals surface area contributed by atoms with Crippen LogP contribution in [0.2, 0.25) is 0 Å². The van der Waals surface area contributed by atoms with Crippen LogP contribution in [-0.2, 0) is 14.3 Å². The number of carboxylic acids is 1. The number of nitrogens with zero attached hydrogens (tertiary/aromatic N) is 1. The Balaban J connectivity index is 2.67. The van der Waals surface area contributed by atoms with Crippen LogP contribution in [0.5, 0.6) is 0 Å². The van der Waals surface area contributed by atoms with E-state index in [0.717, 1.165) is 0 Å². The molecule has 1 aliphatic rings. The average molecular weight is 285 g/mol. The van der Waals surface area contributed by atoms with E-state index in [1.165, 1.54) is 11.8 Å². The highest BCUT2D eigenvalue weighted by molar-refractivity contribution is 5.85. The second-order valence-electron chi connectivity index (χ2n) is 6.43. The fourth-order valence-electron chi connectivity index (χ4n) is 2.39. The van der Waals surface area contributed by atoms with E-state index in [-0.39, 0.29) is 25.0 Å². The molecule has 114 valence electrons. The molecule has 1 rings (SSSR count). The van der Waals surface area contributed by atoms with Crippen molar-refractivity contribution in [3.05, 3.63) is 0 Å². The number of hydrogen-bond acceptors (Lipinski definition) is 4. The maximum absolute atomic E-state index is 11.9. The molecule has 1 fully saturated rings. The molecule has 1 aliphatic heterocycles. The number of carboxylic acid groups (broad SMARTS) is 1. The smallest absolute Gasteiger partial charge is 0.410 e. The highest BCUT2D eigenvalue weighted by atomic mass is 16.6. The molecule has 1 N–H and O–H groups in total. The van der Waals surface area contributed by atoms with Crippen molar-refractivity contribution in [1.82, 2.24) is 4.90 Å². The Morgan fingerprint density at radius 3 is 2.05 bits per heavy atom. The van der Waals surface area contributed by atoms with Crippen LogP contribution in [-0.4, -0.2) is 46.5 Å². The first-order valence-corrected chi connectivity index (χ1v) is 6.76. The highest BCUT2D eigenvalue weighted by Gasteiger charge is 2.43. The Morgan fingerprint density at radius 1 is 1.20 bits per heavy atom. The van der Waals surface area contributed by atoms with Crippen LogP contribution in [0, 0.1) is 5.41 Å². The molecule has 20 heavy (non-hydrogen) atoms. The minimum absolute atomic E-state index is 0.0183. The van der Waals surface area contributed by atoms with Crippen molar-refractivity contribution < 1.29 is 24.2 Å². The summed E-state index contributed by atoms with van der Waals surface area (Å²) in [5.74, 6) is -1.10. The van der Waals surface area contributed by atoms with Crippen LogP contribution in [0.3, 0.4) is 0 Å². The minimum Gasteiger partial charge on any atom is -0.481 e. The van der Waals surface area contributed by atoms with Gasteiger partial charge in [-0.15, -0.1) is 0 Å². The molecule has 1 heterocycles. The molecular weight excluding hydrogens is 262 g/mol. The number of likely N-dealkylation sites (tertiary alicyclic amines) is 1. The lowest BCUT2D eigenvalue weighted by atomic mass is 9.75. The normalized spacial score (nSPS) is 18.5. The van der Waals surface area contributed by atoms with Gasteiger partial charge in [-0.2, -0.15) is 0 Å². The number of Topliss-reactive ketones (excluding diaryl/α,β-unsaturated/α-hetero) is 1. The van der Waals surface area contributed by atoms with Gasteiger partial charge in [0, 0.05) is 19.5 Å². The second kappa shape index (κ2) is 5.81. The van der Waals surface area contributed by atoms with Crippen LogP contribution < -0.4 is 0 Å². The van der Waals surface area contributed by atoms with E-state index < -0.39 is 23.1 Å². The van der Waals surface area contributed by atoms with E-state index >= 15 is 0 Å². The van der Waals surface area contributed by atoms with E-state index in [1.807, 2.05) is 0 Å². The molecule has 0 aromatic heterocycles. The molecule has 0 unspecified atom stereocenters. The van der Waals surface area contributed by atoms with Crippen molar-refractivity contribution in [2.75, 3.05) is 13.1 Å². The summed E-state index contributed by atoms with van der Waals surface area (Å²) in [6.07, 6.45) is 0.145. The number of hydrogen-bond donors (Lipinski definition) is 1. The summed E-state index contributed by atoms with van der Waals surface area (Å²) in [5, 5.41) is 9.36. The van der Waals surface area contributed by atoms with Crippen LogP contribution in [0.1, 0.15) is 47.0 Å². The number of rotatable bonds is 3. The van der Waals surface area contributed by atoms with Crippen molar-refractivity contribution in [3.63, 3.8) is 0 Å². The summed E-state index contributed by atoms with van der Waals surface area (Å²) in [4.78, 5) is 36.1. The van der Waals surface area contributed by atoms with Crippen molar-refractivity contribution >= 4 is 17.8 Å². The van der Waals surface area contributed by atoms with Gasteiger partial charge in [0.15, 0.2) is 0 Å². The topological polar surface area (TPSA) is 83.9 Å². The number of ketones is 1. The molecule has 6 nitrogen and oxygen atoms in total. The largest absolute Gasteiger partial charge is 0.481 e. The number of aliphatic carboxylic acids is 1. The summed E-state index contributed by atoms with van der Waals surface area (Å²) in [6.45, 7) is 7.35. The van der Waals surface area contributed by atoms with Gasteiger partial charge in [-0.25, -0.2) is 4.79 Å². The predicted octanol–water partition coefficient (Wildman–Crippen LogP) is 2.07. The van der Waals surface area contributed by atoms with Crippen molar-refractivity contribution in [3.8, 4) is 0 Å². The van der Waals surface area contributed by atoms with Crippen LogP contribution in [0.15, 0.2) is 0 Å². The third-order valence-electron chi connectivity index (χ3n) is 3.41. The summed E-state index contributed by atoms with van der Waals surface area (Å²) in [7, 11) is 0. The van der Waals surface area contributed by atoms with Crippen LogP contribution in [0.25, 0.3) is 0 Å². The van der Waals surface area contributed by atoms with E-state index in [1.54, 1.807) is 20.8 Å². The number of piperidine rings is 1. The lowest BCUT2D eigenvalue weighted by molar-refractivity contribution is -0.154. The summed E-state index contributed by atoms with van der Waals surface area (Å²) < 4.78 is 5.26. The fraction of sp³-hybridized carbons (Fsp3) is 0.786. The van der Waals surface area contributed by atoms with E-state index in [0.29, 0.717) is 13.1 Å². The molecule has 1 amide bonds. The molecule has 0 bridgehead atoms. The molecule has 0 atom stereocenters. The number of carbonyl (C=O) groups is 3. The van der Waals surface area contributed by atoms with Gasteiger partial charge in [-0.3, -0.25) is 9.59 Å². The van der Waals surface area contributed by atoms with Gasteiger partial charge in [0.1, 0.15) is 11.4 Å². The Labute approximate surface area is 119 Å². The predicted molar refractivity (Wildman–Crippen MR) is 72.4 cm³/mol. The molecular formula is C14H23NO5. The van der Waals surface area contributed by atoms with Crippen molar-refractivity contribution in [2.45, 2.75) is 52.6 Å². The van der Waals surface area contributed by atoms with Gasteiger partial charge in [-0.1, -0.05) is 0 Å². The summed E-state index contributed by atoms with van der Waals surface area (Å²) in [5.41, 5.74) is -1.61. The van der Waals surface area contributed by atoms with E-state index in [4.69, 9.17) is 4.74 Å². The standard InChI is InChI=1S/C14H23NO5/c1-10(16)9-14(11(17)18)5-7-15(8-6-14)12(19)20-13(2,3)4/h5-9H2,1-4H3,(H,17,18). The molecule has 0 aliphatic carbocycles. The molecule has 0 aromatic rings.